The van der Waals surface area contributed by atoms with Gasteiger partial charge < -0.3 is 8.82 Å². The molecule has 0 spiro atoms. The van der Waals surface area contributed by atoms with E-state index in [2.05, 4.69) is 120 Å². The van der Waals surface area contributed by atoms with Crippen molar-refractivity contribution in [1.29, 1.82) is 0 Å². The maximum absolute atomic E-state index is 6.48. The van der Waals surface area contributed by atoms with Gasteiger partial charge in [-0.25, -0.2) is 9.97 Å². The SMILES string of the molecule is C=Cc1c(/C=C\C)n(-c2nc(-c3ccccc3)c3oc4ccccc4c3n2)c2c3ccccc3c3c4cccc5c6ccccc6n(c54)c3c12. The van der Waals surface area contributed by atoms with Crippen molar-refractivity contribution in [2.75, 3.05) is 0 Å². The van der Waals surface area contributed by atoms with E-state index in [1.807, 2.05) is 42.5 Å². The molecule has 5 heterocycles. The van der Waals surface area contributed by atoms with Crippen molar-refractivity contribution < 1.29 is 4.42 Å². The Kier molecular flexibility index (Phi) is 5.40. The van der Waals surface area contributed by atoms with Crippen LogP contribution in [0.3, 0.4) is 0 Å². The van der Waals surface area contributed by atoms with Crippen molar-refractivity contribution in [3.05, 3.63) is 145 Å². The van der Waals surface area contributed by atoms with Crippen molar-refractivity contribution >= 4 is 94.0 Å². The topological polar surface area (TPSA) is 48.3 Å². The van der Waals surface area contributed by atoms with Crippen molar-refractivity contribution in [3.63, 3.8) is 0 Å². The molecule has 11 aromatic rings. The summed E-state index contributed by atoms with van der Waals surface area (Å²) in [5, 5.41) is 9.40. The second-order valence-electron chi connectivity index (χ2n) is 12.9. The van der Waals surface area contributed by atoms with Crippen LogP contribution in [0.15, 0.2) is 138 Å². The number of furan rings is 1. The Morgan fingerprint density at radius 3 is 2.12 bits per heavy atom. The molecule has 0 unspecified atom stereocenters. The lowest BCUT2D eigenvalue weighted by molar-refractivity contribution is 0.666. The van der Waals surface area contributed by atoms with Gasteiger partial charge in [0.25, 0.3) is 0 Å². The fraction of sp³-hybridized carbons (Fsp3) is 0.0222. The number of hydrogen-bond acceptors (Lipinski definition) is 3. The molecule has 5 heteroatoms. The van der Waals surface area contributed by atoms with Crippen molar-refractivity contribution in [3.8, 4) is 17.2 Å². The third-order valence-corrected chi connectivity index (χ3v) is 10.3. The first-order valence-electron chi connectivity index (χ1n) is 16.9. The molecule has 0 N–H and O–H groups in total. The standard InChI is InChI=1S/C45H28N4O/c1-3-15-34-27(4-2)38-42(49(34)45-46-39(26-16-6-5-7-17-26)44-40(47-45)32-21-11-13-25-36(32)50-44)31-20-9-8-19-29(31)37-33-23-14-22-30-28-18-10-12-24-35(28)48(41(30)33)43(37)38/h3-25H,2H2,1H3/b15-3-. The molecule has 0 fully saturated rings. The van der Waals surface area contributed by atoms with Crippen LogP contribution in [0.25, 0.3) is 111 Å². The van der Waals surface area contributed by atoms with Crippen LogP contribution in [0, 0.1) is 0 Å². The molecule has 5 aromatic heterocycles. The van der Waals surface area contributed by atoms with E-state index in [1.54, 1.807) is 0 Å². The van der Waals surface area contributed by atoms with Crippen molar-refractivity contribution in [2.24, 2.45) is 0 Å². The lowest BCUT2D eigenvalue weighted by Crippen LogP contribution is -2.05. The van der Waals surface area contributed by atoms with Crippen LogP contribution in [0.1, 0.15) is 18.2 Å². The molecule has 0 bridgehead atoms. The molecule has 234 valence electrons. The monoisotopic (exact) mass is 640 g/mol. The Morgan fingerprint density at radius 2 is 1.30 bits per heavy atom. The van der Waals surface area contributed by atoms with E-state index in [0.29, 0.717) is 11.5 Å². The van der Waals surface area contributed by atoms with Crippen LogP contribution in [-0.2, 0) is 0 Å². The predicted molar refractivity (Wildman–Crippen MR) is 209 cm³/mol. The highest BCUT2D eigenvalue weighted by Gasteiger charge is 2.28. The molecular weight excluding hydrogens is 613 g/mol. The number of rotatable bonds is 4. The highest BCUT2D eigenvalue weighted by Crippen LogP contribution is 2.48. The van der Waals surface area contributed by atoms with Crippen molar-refractivity contribution in [2.45, 2.75) is 6.92 Å². The van der Waals surface area contributed by atoms with Gasteiger partial charge in [0.1, 0.15) is 16.8 Å². The first kappa shape index (κ1) is 27.3. The Hall–Kier alpha value is -6.72. The second-order valence-corrected chi connectivity index (χ2v) is 12.9. The minimum absolute atomic E-state index is 0.581. The fourth-order valence-electron chi connectivity index (χ4n) is 8.42. The van der Waals surface area contributed by atoms with E-state index in [0.717, 1.165) is 55.3 Å². The zero-order valence-electron chi connectivity index (χ0n) is 27.2. The summed E-state index contributed by atoms with van der Waals surface area (Å²) >= 11 is 0. The first-order valence-corrected chi connectivity index (χ1v) is 16.9. The maximum Gasteiger partial charge on any atom is 0.236 e. The molecule has 0 amide bonds. The minimum atomic E-state index is 0.581. The Labute approximate surface area is 286 Å². The number of hydrogen-bond donors (Lipinski definition) is 0. The number of aromatic nitrogens is 4. The average molecular weight is 641 g/mol. The molecule has 0 radical (unpaired) electrons. The van der Waals surface area contributed by atoms with E-state index >= 15 is 0 Å². The Bertz CT molecular complexity index is 3220. The van der Waals surface area contributed by atoms with Crippen LogP contribution in [0.4, 0.5) is 0 Å². The van der Waals surface area contributed by atoms with Gasteiger partial charge in [-0.2, -0.15) is 0 Å². The van der Waals surface area contributed by atoms with Crippen LogP contribution in [0.5, 0.6) is 0 Å². The summed E-state index contributed by atoms with van der Waals surface area (Å²) < 4.78 is 11.2. The molecule has 0 aliphatic heterocycles. The predicted octanol–water partition coefficient (Wildman–Crippen LogP) is 12.0. The molecule has 0 saturated carbocycles. The molecule has 6 aromatic carbocycles. The summed E-state index contributed by atoms with van der Waals surface area (Å²) in [6.07, 6.45) is 6.24. The molecule has 5 nitrogen and oxygen atoms in total. The number of para-hydroxylation sites is 3. The van der Waals surface area contributed by atoms with Crippen molar-refractivity contribution in [1.82, 2.24) is 18.9 Å². The Balaban J connectivity index is 1.42. The lowest BCUT2D eigenvalue weighted by Gasteiger charge is -2.12. The number of nitrogens with zero attached hydrogens (tertiary/aromatic N) is 4. The molecule has 0 aliphatic rings. The number of fused-ring (bicyclic) bond motifs is 14. The summed E-state index contributed by atoms with van der Waals surface area (Å²) in [7, 11) is 0. The third-order valence-electron chi connectivity index (χ3n) is 10.3. The van der Waals surface area contributed by atoms with Gasteiger partial charge in [0.2, 0.25) is 5.95 Å². The summed E-state index contributed by atoms with van der Waals surface area (Å²) in [6, 6.07) is 42.5. The maximum atomic E-state index is 6.48. The van der Waals surface area contributed by atoms with Gasteiger partial charge in [-0.05, 0) is 36.6 Å². The average Bonchev–Trinajstić information content (AvgIpc) is 3.91. The van der Waals surface area contributed by atoms with Gasteiger partial charge in [-0.15, -0.1) is 0 Å². The fourth-order valence-corrected chi connectivity index (χ4v) is 8.42. The largest absolute Gasteiger partial charge is 0.452 e. The molecule has 0 atom stereocenters. The minimum Gasteiger partial charge on any atom is -0.452 e. The van der Waals surface area contributed by atoms with E-state index in [4.69, 9.17) is 14.4 Å². The zero-order chi connectivity index (χ0) is 33.1. The van der Waals surface area contributed by atoms with E-state index in [-0.39, 0.29) is 0 Å². The third kappa shape index (κ3) is 3.36. The van der Waals surface area contributed by atoms with E-state index < -0.39 is 0 Å². The van der Waals surface area contributed by atoms with Crippen LogP contribution < -0.4 is 0 Å². The van der Waals surface area contributed by atoms with Gasteiger partial charge in [0.05, 0.1) is 27.8 Å². The molecule has 11 rings (SSSR count). The van der Waals surface area contributed by atoms with Gasteiger partial charge in [-0.3, -0.25) is 4.57 Å². The van der Waals surface area contributed by atoms with E-state index in [9.17, 15) is 0 Å². The van der Waals surface area contributed by atoms with E-state index in [1.165, 1.54) is 43.5 Å². The number of benzene rings is 6. The molecule has 0 saturated heterocycles. The highest BCUT2D eigenvalue weighted by molar-refractivity contribution is 6.36. The van der Waals surface area contributed by atoms with Gasteiger partial charge in [-0.1, -0.05) is 122 Å². The smallest absolute Gasteiger partial charge is 0.236 e. The summed E-state index contributed by atoms with van der Waals surface area (Å²) in [6.45, 7) is 6.47. The van der Waals surface area contributed by atoms with Gasteiger partial charge >= 0.3 is 0 Å². The Morgan fingerprint density at radius 1 is 0.620 bits per heavy atom. The molecule has 0 aliphatic carbocycles. The number of allylic oxidation sites excluding steroid dienone is 1. The summed E-state index contributed by atoms with van der Waals surface area (Å²) in [4.78, 5) is 10.7. The van der Waals surface area contributed by atoms with Gasteiger partial charge in [0.15, 0.2) is 5.58 Å². The molecular formula is C45H28N4O. The van der Waals surface area contributed by atoms with Crippen LogP contribution >= 0.6 is 0 Å². The zero-order valence-corrected chi connectivity index (χ0v) is 27.2. The summed E-state index contributed by atoms with van der Waals surface area (Å²) in [5.74, 6) is 0.581. The van der Waals surface area contributed by atoms with Crippen LogP contribution in [-0.4, -0.2) is 18.9 Å². The quantitative estimate of drug-likeness (QED) is 0.192. The second kappa shape index (κ2) is 9.91. The lowest BCUT2D eigenvalue weighted by atomic mass is 9.98. The van der Waals surface area contributed by atoms with Gasteiger partial charge in [0, 0.05) is 48.8 Å². The first-order chi connectivity index (χ1) is 24.8. The highest BCUT2D eigenvalue weighted by atomic mass is 16.3. The summed E-state index contributed by atoms with van der Waals surface area (Å²) in [5.41, 5.74) is 10.6. The van der Waals surface area contributed by atoms with Crippen LogP contribution in [0.2, 0.25) is 0 Å². The molecule has 50 heavy (non-hydrogen) atoms. The normalized spacial score (nSPS) is 12.5.